The van der Waals surface area contributed by atoms with Crippen LogP contribution in [0.25, 0.3) is 0 Å². The van der Waals surface area contributed by atoms with Gasteiger partial charge in [-0.1, -0.05) is 53.2 Å². The molecule has 1 aromatic rings. The van der Waals surface area contributed by atoms with Crippen LogP contribution in [-0.2, 0) is 15.0 Å². The zero-order valence-corrected chi connectivity index (χ0v) is 14.1. The minimum atomic E-state index is -0.274. The Morgan fingerprint density at radius 3 is 1.86 bits per heavy atom. The molecular formula is C19H25NO2. The van der Waals surface area contributed by atoms with Crippen molar-refractivity contribution in [2.24, 2.45) is 5.41 Å². The second-order valence-corrected chi connectivity index (χ2v) is 7.47. The highest BCUT2D eigenvalue weighted by atomic mass is 16.2. The summed E-state index contributed by atoms with van der Waals surface area (Å²) in [6.07, 6.45) is 4.84. The van der Waals surface area contributed by atoms with Gasteiger partial charge in [-0.3, -0.25) is 9.59 Å². The number of carbonyl (C=O) groups excluding carboxylic acids is 2. The number of anilines is 1. The van der Waals surface area contributed by atoms with Crippen LogP contribution in [0.3, 0.4) is 0 Å². The smallest absolute Gasteiger partial charge is 0.258 e. The van der Waals surface area contributed by atoms with Gasteiger partial charge in [0.2, 0.25) is 0 Å². The Balaban J connectivity index is 2.22. The predicted molar refractivity (Wildman–Crippen MR) is 89.8 cm³/mol. The summed E-state index contributed by atoms with van der Waals surface area (Å²) in [6, 6.07) is 7.78. The average Bonchev–Trinajstić information content (AvgIpc) is 2.77. The van der Waals surface area contributed by atoms with Crippen LogP contribution in [0.1, 0.15) is 53.0 Å². The largest absolute Gasteiger partial charge is 0.269 e. The molecule has 1 aromatic carbocycles. The third-order valence-electron chi connectivity index (χ3n) is 4.59. The fourth-order valence-electron chi connectivity index (χ4n) is 3.14. The molecule has 1 aliphatic heterocycles. The molecule has 0 atom stereocenters. The Morgan fingerprint density at radius 2 is 1.41 bits per heavy atom. The quantitative estimate of drug-likeness (QED) is 0.763. The lowest BCUT2D eigenvalue weighted by Crippen LogP contribution is -2.30. The van der Waals surface area contributed by atoms with E-state index in [-0.39, 0.29) is 22.6 Å². The van der Waals surface area contributed by atoms with Crippen molar-refractivity contribution in [3.8, 4) is 0 Å². The van der Waals surface area contributed by atoms with Crippen LogP contribution < -0.4 is 4.90 Å². The lowest BCUT2D eigenvalue weighted by molar-refractivity contribution is -0.119. The summed E-state index contributed by atoms with van der Waals surface area (Å²) in [6.45, 7) is 11.3. The van der Waals surface area contributed by atoms with Gasteiger partial charge in [0.05, 0.1) is 5.69 Å². The summed E-state index contributed by atoms with van der Waals surface area (Å²) in [5, 5.41) is 0. The Bertz CT molecular complexity index is 591. The van der Waals surface area contributed by atoms with Gasteiger partial charge in [-0.25, -0.2) is 4.90 Å². The van der Waals surface area contributed by atoms with Crippen molar-refractivity contribution in [1.82, 2.24) is 0 Å². The summed E-state index contributed by atoms with van der Waals surface area (Å²) in [5.41, 5.74) is 2.20. The maximum Gasteiger partial charge on any atom is 0.258 e. The first-order chi connectivity index (χ1) is 10.2. The number of rotatable bonds is 5. The minimum absolute atomic E-state index is 0.0509. The maximum atomic E-state index is 11.7. The first kappa shape index (κ1) is 16.5. The molecule has 3 heteroatoms. The van der Waals surface area contributed by atoms with Crippen LogP contribution in [0.2, 0.25) is 0 Å². The monoisotopic (exact) mass is 299 g/mol. The molecule has 0 aromatic heterocycles. The molecular weight excluding hydrogens is 274 g/mol. The standard InChI is InChI=1S/C19H25NO2/c1-6-18(2,3)13-19(4,5)14-7-9-15(10-8-14)20-16(21)11-12-17(20)22/h7-12H,6,13H2,1-5H3. The van der Waals surface area contributed by atoms with E-state index in [2.05, 4.69) is 34.6 Å². The van der Waals surface area contributed by atoms with Gasteiger partial charge in [-0.05, 0) is 34.9 Å². The third kappa shape index (κ3) is 3.29. The normalized spacial score (nSPS) is 15.8. The molecule has 2 rings (SSSR count). The van der Waals surface area contributed by atoms with Crippen LogP contribution in [-0.4, -0.2) is 11.8 Å². The van der Waals surface area contributed by atoms with E-state index in [0.717, 1.165) is 12.8 Å². The summed E-state index contributed by atoms with van der Waals surface area (Å²) in [5.74, 6) is -0.548. The molecule has 0 aliphatic carbocycles. The Labute approximate surface area is 133 Å². The van der Waals surface area contributed by atoms with E-state index in [1.54, 1.807) is 0 Å². The number of carbonyl (C=O) groups is 2. The molecule has 118 valence electrons. The van der Waals surface area contributed by atoms with Crippen molar-refractivity contribution in [1.29, 1.82) is 0 Å². The maximum absolute atomic E-state index is 11.7. The van der Waals surface area contributed by atoms with Gasteiger partial charge >= 0.3 is 0 Å². The third-order valence-corrected chi connectivity index (χ3v) is 4.59. The molecule has 0 saturated carbocycles. The first-order valence-electron chi connectivity index (χ1n) is 7.83. The molecule has 0 bridgehead atoms. The number of nitrogens with zero attached hydrogens (tertiary/aromatic N) is 1. The zero-order valence-electron chi connectivity index (χ0n) is 14.1. The lowest BCUT2D eigenvalue weighted by atomic mass is 9.70. The number of imide groups is 1. The minimum Gasteiger partial charge on any atom is -0.269 e. The van der Waals surface area contributed by atoms with Crippen LogP contribution >= 0.6 is 0 Å². The molecule has 0 N–H and O–H groups in total. The Hall–Kier alpha value is -1.90. The van der Waals surface area contributed by atoms with E-state index >= 15 is 0 Å². The lowest BCUT2D eigenvalue weighted by Gasteiger charge is -2.35. The van der Waals surface area contributed by atoms with Gasteiger partial charge in [-0.2, -0.15) is 0 Å². The van der Waals surface area contributed by atoms with E-state index in [1.807, 2.05) is 24.3 Å². The fraction of sp³-hybridized carbons (Fsp3) is 0.474. The number of hydrogen-bond donors (Lipinski definition) is 0. The van der Waals surface area contributed by atoms with E-state index < -0.39 is 0 Å². The van der Waals surface area contributed by atoms with Crippen molar-refractivity contribution in [3.63, 3.8) is 0 Å². The molecule has 1 heterocycles. The van der Waals surface area contributed by atoms with Crippen LogP contribution in [0.4, 0.5) is 5.69 Å². The number of hydrogen-bond acceptors (Lipinski definition) is 2. The van der Waals surface area contributed by atoms with Gasteiger partial charge in [0, 0.05) is 12.2 Å². The van der Waals surface area contributed by atoms with Crippen molar-refractivity contribution in [2.45, 2.75) is 52.9 Å². The van der Waals surface area contributed by atoms with Crippen molar-refractivity contribution in [3.05, 3.63) is 42.0 Å². The SMILES string of the molecule is CCC(C)(C)CC(C)(C)c1ccc(N2C(=O)C=CC2=O)cc1. The van der Waals surface area contributed by atoms with E-state index in [1.165, 1.54) is 22.6 Å². The first-order valence-corrected chi connectivity index (χ1v) is 7.83. The van der Waals surface area contributed by atoms with Gasteiger partial charge in [0.25, 0.3) is 11.8 Å². The topological polar surface area (TPSA) is 37.4 Å². The van der Waals surface area contributed by atoms with Crippen molar-refractivity contribution >= 4 is 17.5 Å². The number of benzene rings is 1. The molecule has 0 radical (unpaired) electrons. The zero-order chi connectivity index (χ0) is 16.5. The Morgan fingerprint density at radius 1 is 0.909 bits per heavy atom. The van der Waals surface area contributed by atoms with Crippen molar-refractivity contribution in [2.75, 3.05) is 4.90 Å². The van der Waals surface area contributed by atoms with Gasteiger partial charge < -0.3 is 0 Å². The highest BCUT2D eigenvalue weighted by molar-refractivity contribution is 6.28. The number of amides is 2. The molecule has 0 saturated heterocycles. The average molecular weight is 299 g/mol. The van der Waals surface area contributed by atoms with Crippen LogP contribution in [0, 0.1) is 5.41 Å². The molecule has 0 spiro atoms. The van der Waals surface area contributed by atoms with E-state index in [4.69, 9.17) is 0 Å². The summed E-state index contributed by atoms with van der Waals surface area (Å²) in [4.78, 5) is 24.6. The van der Waals surface area contributed by atoms with Crippen LogP contribution in [0.5, 0.6) is 0 Å². The summed E-state index contributed by atoms with van der Waals surface area (Å²) in [7, 11) is 0. The summed E-state index contributed by atoms with van der Waals surface area (Å²) >= 11 is 0. The van der Waals surface area contributed by atoms with Crippen molar-refractivity contribution < 1.29 is 9.59 Å². The predicted octanol–water partition coefficient (Wildman–Crippen LogP) is 4.22. The van der Waals surface area contributed by atoms with Gasteiger partial charge in [0.1, 0.15) is 0 Å². The van der Waals surface area contributed by atoms with Gasteiger partial charge in [0.15, 0.2) is 0 Å². The second-order valence-electron chi connectivity index (χ2n) is 7.47. The second kappa shape index (κ2) is 5.71. The van der Waals surface area contributed by atoms with E-state index in [0.29, 0.717) is 5.69 Å². The highest BCUT2D eigenvalue weighted by Crippen LogP contribution is 2.38. The fourth-order valence-corrected chi connectivity index (χ4v) is 3.14. The molecule has 1 aliphatic rings. The molecule has 3 nitrogen and oxygen atoms in total. The van der Waals surface area contributed by atoms with Gasteiger partial charge in [-0.15, -0.1) is 0 Å². The van der Waals surface area contributed by atoms with Crippen LogP contribution in [0.15, 0.2) is 36.4 Å². The molecule has 2 amide bonds. The molecule has 22 heavy (non-hydrogen) atoms. The molecule has 0 unspecified atom stereocenters. The highest BCUT2D eigenvalue weighted by Gasteiger charge is 2.30. The molecule has 0 fully saturated rings. The Kier molecular flexibility index (Phi) is 4.28. The summed E-state index contributed by atoms with van der Waals surface area (Å²) < 4.78 is 0. The van der Waals surface area contributed by atoms with E-state index in [9.17, 15) is 9.59 Å².